The second-order valence-corrected chi connectivity index (χ2v) is 10.2. The lowest BCUT2D eigenvalue weighted by Crippen LogP contribution is -2.29. The molecular formula is C26H31N5OS. The summed E-state index contributed by atoms with van der Waals surface area (Å²) in [6.07, 6.45) is 11.8. The number of hydrogen-bond donors (Lipinski definition) is 1. The molecule has 0 amide bonds. The minimum atomic E-state index is 0.221. The van der Waals surface area contributed by atoms with E-state index >= 15 is 0 Å². The number of anilines is 1. The lowest BCUT2D eigenvalue weighted by Gasteiger charge is -2.25. The molecule has 0 saturated heterocycles. The number of thiazole rings is 1. The molecule has 4 aromatic rings. The lowest BCUT2D eigenvalue weighted by atomic mass is 9.89. The second-order valence-electron chi connectivity index (χ2n) is 9.15. The van der Waals surface area contributed by atoms with Gasteiger partial charge in [0.2, 0.25) is 0 Å². The van der Waals surface area contributed by atoms with Gasteiger partial charge < -0.3 is 9.88 Å². The Kier molecular flexibility index (Phi) is 6.31. The number of hydrogen-bond acceptors (Lipinski definition) is 5. The number of ketones is 1. The zero-order chi connectivity index (χ0) is 22.8. The van der Waals surface area contributed by atoms with E-state index in [0.29, 0.717) is 12.3 Å². The molecule has 7 heteroatoms. The Morgan fingerprint density at radius 2 is 2.18 bits per heavy atom. The van der Waals surface area contributed by atoms with Gasteiger partial charge in [-0.2, -0.15) is 5.10 Å². The van der Waals surface area contributed by atoms with Gasteiger partial charge in [-0.1, -0.05) is 49.3 Å². The first kappa shape index (κ1) is 21.9. The molecule has 0 aliphatic carbocycles. The third-order valence-corrected chi connectivity index (χ3v) is 7.73. The summed E-state index contributed by atoms with van der Waals surface area (Å²) < 4.78 is 1.88. The minimum absolute atomic E-state index is 0.221. The van der Waals surface area contributed by atoms with Crippen molar-refractivity contribution in [1.29, 1.82) is 0 Å². The number of carbonyl (C=O) groups excluding carboxylic acids is 1. The molecule has 4 heterocycles. The monoisotopic (exact) mass is 461 g/mol. The normalized spacial score (nSPS) is 14.5. The average molecular weight is 462 g/mol. The van der Waals surface area contributed by atoms with Crippen LogP contribution in [0.25, 0.3) is 10.9 Å². The third-order valence-electron chi connectivity index (χ3n) is 6.63. The summed E-state index contributed by atoms with van der Waals surface area (Å²) in [5.41, 5.74) is 4.91. The predicted octanol–water partition coefficient (Wildman–Crippen LogP) is 5.54. The summed E-state index contributed by atoms with van der Waals surface area (Å²) in [6.45, 7) is 3.92. The minimum Gasteiger partial charge on any atom is -0.361 e. The van der Waals surface area contributed by atoms with Gasteiger partial charge in [0.15, 0.2) is 10.9 Å². The van der Waals surface area contributed by atoms with Gasteiger partial charge in [-0.25, -0.2) is 4.98 Å². The van der Waals surface area contributed by atoms with Crippen LogP contribution in [0.1, 0.15) is 59.1 Å². The molecule has 0 bridgehead atoms. The molecule has 33 heavy (non-hydrogen) atoms. The van der Waals surface area contributed by atoms with Gasteiger partial charge in [-0.3, -0.25) is 9.48 Å². The third kappa shape index (κ3) is 4.74. The number of unbranched alkanes of at least 4 members (excludes halogenated alkanes) is 1. The van der Waals surface area contributed by atoms with Crippen molar-refractivity contribution in [1.82, 2.24) is 19.7 Å². The molecule has 3 aromatic heterocycles. The number of Topliss-reactive ketones (excluding diaryl/α,β-unsaturated/α-hetero) is 1. The zero-order valence-corrected chi connectivity index (χ0v) is 20.2. The molecule has 1 unspecified atom stereocenters. The maximum absolute atomic E-state index is 13.2. The van der Waals surface area contributed by atoms with Crippen molar-refractivity contribution in [2.75, 3.05) is 11.4 Å². The molecule has 172 valence electrons. The van der Waals surface area contributed by atoms with E-state index in [0.717, 1.165) is 55.2 Å². The Bertz CT molecular complexity index is 1250. The van der Waals surface area contributed by atoms with E-state index in [9.17, 15) is 4.79 Å². The van der Waals surface area contributed by atoms with Crippen LogP contribution in [0.4, 0.5) is 5.13 Å². The van der Waals surface area contributed by atoms with Gasteiger partial charge in [0.05, 0.1) is 16.8 Å². The van der Waals surface area contributed by atoms with Crippen molar-refractivity contribution >= 4 is 33.2 Å². The molecule has 1 aliphatic rings. The summed E-state index contributed by atoms with van der Waals surface area (Å²) in [7, 11) is 1.97. The van der Waals surface area contributed by atoms with E-state index < -0.39 is 0 Å². The van der Waals surface area contributed by atoms with Gasteiger partial charge in [0.25, 0.3) is 0 Å². The number of para-hydroxylation sites is 1. The SMILES string of the molecule is CCCCC(CC(=O)c1cnc(N2CCc3nn(C)cc3C2)s1)Cc1c[nH]c2ccccc12. The van der Waals surface area contributed by atoms with Crippen molar-refractivity contribution in [2.24, 2.45) is 13.0 Å². The average Bonchev–Trinajstić information content (AvgIpc) is 3.55. The van der Waals surface area contributed by atoms with Crippen LogP contribution >= 0.6 is 11.3 Å². The van der Waals surface area contributed by atoms with E-state index in [1.165, 1.54) is 39.1 Å². The molecule has 0 radical (unpaired) electrons. The highest BCUT2D eigenvalue weighted by molar-refractivity contribution is 7.17. The van der Waals surface area contributed by atoms with Crippen LogP contribution in [0, 0.1) is 5.92 Å². The van der Waals surface area contributed by atoms with Gasteiger partial charge in [0.1, 0.15) is 0 Å². The van der Waals surface area contributed by atoms with Gasteiger partial charge in [-0.15, -0.1) is 0 Å². The van der Waals surface area contributed by atoms with Crippen LogP contribution in [-0.2, 0) is 26.4 Å². The summed E-state index contributed by atoms with van der Waals surface area (Å²) in [6, 6.07) is 8.42. The first-order valence-electron chi connectivity index (χ1n) is 11.9. The number of H-pyrrole nitrogens is 1. The van der Waals surface area contributed by atoms with Crippen LogP contribution in [0.3, 0.4) is 0 Å². The van der Waals surface area contributed by atoms with Gasteiger partial charge in [0, 0.05) is 61.8 Å². The summed E-state index contributed by atoms with van der Waals surface area (Å²) in [5.74, 6) is 0.564. The number of aromatic nitrogens is 4. The fraction of sp³-hybridized carbons (Fsp3) is 0.423. The number of fused-ring (bicyclic) bond motifs is 2. The fourth-order valence-corrected chi connectivity index (χ4v) is 5.79. The lowest BCUT2D eigenvalue weighted by molar-refractivity contribution is 0.0962. The summed E-state index contributed by atoms with van der Waals surface area (Å²) in [4.78, 5) is 24.3. The maximum Gasteiger partial charge on any atom is 0.186 e. The van der Waals surface area contributed by atoms with Crippen molar-refractivity contribution in [3.63, 3.8) is 0 Å². The number of carbonyl (C=O) groups is 1. The number of benzene rings is 1. The Morgan fingerprint density at radius 3 is 3.06 bits per heavy atom. The largest absolute Gasteiger partial charge is 0.361 e. The molecule has 0 fully saturated rings. The summed E-state index contributed by atoms with van der Waals surface area (Å²) >= 11 is 1.54. The molecule has 1 aliphatic heterocycles. The molecule has 1 N–H and O–H groups in total. The van der Waals surface area contributed by atoms with Crippen LogP contribution in [-0.4, -0.2) is 32.1 Å². The van der Waals surface area contributed by atoms with Gasteiger partial charge in [-0.05, 0) is 30.4 Å². The Hall–Kier alpha value is -2.93. The first-order chi connectivity index (χ1) is 16.1. The molecule has 5 rings (SSSR count). The smallest absolute Gasteiger partial charge is 0.186 e. The van der Waals surface area contributed by atoms with Crippen molar-refractivity contribution in [2.45, 2.75) is 52.0 Å². The standard InChI is InChI=1S/C26H31N5OS/c1-3-4-7-18(12-19-14-27-23-9-6-5-8-21(19)23)13-24(32)25-15-28-26(33-25)31-11-10-22-20(17-31)16-30(2)29-22/h5-6,8-9,14-16,18,27H,3-4,7,10-13,17H2,1-2H3. The number of nitrogens with one attached hydrogen (secondary N) is 1. The number of rotatable bonds is 9. The first-order valence-corrected chi connectivity index (χ1v) is 12.7. The van der Waals surface area contributed by atoms with E-state index in [2.05, 4.69) is 63.5 Å². The molecule has 1 aromatic carbocycles. The molecular weight excluding hydrogens is 430 g/mol. The number of aryl methyl sites for hydroxylation is 1. The number of aromatic amines is 1. The predicted molar refractivity (Wildman–Crippen MR) is 134 cm³/mol. The maximum atomic E-state index is 13.2. The van der Waals surface area contributed by atoms with Crippen LogP contribution < -0.4 is 4.90 Å². The Labute approximate surface area is 198 Å². The van der Waals surface area contributed by atoms with Crippen molar-refractivity contribution in [3.8, 4) is 0 Å². The quantitative estimate of drug-likeness (QED) is 0.332. The molecule has 0 spiro atoms. The van der Waals surface area contributed by atoms with Crippen LogP contribution in [0.15, 0.2) is 42.9 Å². The van der Waals surface area contributed by atoms with E-state index in [1.807, 2.05) is 11.7 Å². The second kappa shape index (κ2) is 9.51. The Morgan fingerprint density at radius 1 is 1.30 bits per heavy atom. The van der Waals surface area contributed by atoms with Crippen molar-refractivity contribution < 1.29 is 4.79 Å². The highest BCUT2D eigenvalue weighted by atomic mass is 32.1. The van der Waals surface area contributed by atoms with Gasteiger partial charge >= 0.3 is 0 Å². The zero-order valence-electron chi connectivity index (χ0n) is 19.4. The summed E-state index contributed by atoms with van der Waals surface area (Å²) in [5, 5.41) is 6.75. The highest BCUT2D eigenvalue weighted by Crippen LogP contribution is 2.31. The topological polar surface area (TPSA) is 66.8 Å². The number of nitrogens with zero attached hydrogens (tertiary/aromatic N) is 4. The molecule has 6 nitrogen and oxygen atoms in total. The molecule has 0 saturated carbocycles. The van der Waals surface area contributed by atoms with E-state index in [4.69, 9.17) is 0 Å². The van der Waals surface area contributed by atoms with Crippen molar-refractivity contribution in [3.05, 3.63) is 64.6 Å². The van der Waals surface area contributed by atoms with Crippen LogP contribution in [0.5, 0.6) is 0 Å². The van der Waals surface area contributed by atoms with E-state index in [-0.39, 0.29) is 5.78 Å². The van der Waals surface area contributed by atoms with E-state index in [1.54, 1.807) is 6.20 Å². The fourth-order valence-electron chi connectivity index (χ4n) is 4.90. The molecule has 1 atom stereocenters. The Balaban J connectivity index is 1.27. The highest BCUT2D eigenvalue weighted by Gasteiger charge is 2.24. The van der Waals surface area contributed by atoms with Crippen LogP contribution in [0.2, 0.25) is 0 Å².